The van der Waals surface area contributed by atoms with Crippen LogP contribution in [0.15, 0.2) is 53.5 Å². The van der Waals surface area contributed by atoms with Crippen molar-refractivity contribution in [3.05, 3.63) is 59.9 Å². The zero-order chi connectivity index (χ0) is 21.0. The molecule has 2 aromatic carbocycles. The van der Waals surface area contributed by atoms with Crippen molar-refractivity contribution < 1.29 is 18.6 Å². The van der Waals surface area contributed by atoms with Gasteiger partial charge in [-0.2, -0.15) is 0 Å². The third kappa shape index (κ3) is 8.62. The molecule has 170 valence electrons. The topological polar surface area (TPSA) is 64.1 Å². The second-order valence-corrected chi connectivity index (χ2v) is 7.15. The van der Waals surface area contributed by atoms with Gasteiger partial charge >= 0.3 is 0 Å². The monoisotopic (exact) mass is 543 g/mol. The molecule has 1 saturated heterocycles. The Balaban J connectivity index is 0.00000341. The number of para-hydroxylation sites is 2. The maximum absolute atomic E-state index is 13.9. The van der Waals surface area contributed by atoms with Crippen LogP contribution in [0, 0.1) is 11.7 Å². The van der Waals surface area contributed by atoms with Crippen LogP contribution in [0.4, 0.5) is 4.39 Å². The summed E-state index contributed by atoms with van der Waals surface area (Å²) < 4.78 is 30.7. The highest BCUT2D eigenvalue weighted by molar-refractivity contribution is 14.0. The molecule has 1 aliphatic heterocycles. The predicted octanol–water partition coefficient (Wildman–Crippen LogP) is 4.34. The minimum atomic E-state index is -0.389. The van der Waals surface area contributed by atoms with E-state index in [4.69, 9.17) is 14.2 Å². The Morgan fingerprint density at radius 1 is 1.13 bits per heavy atom. The average molecular weight is 543 g/mol. The van der Waals surface area contributed by atoms with Gasteiger partial charge in [-0.15, -0.1) is 24.0 Å². The largest absolute Gasteiger partial charge is 0.454 e. The lowest BCUT2D eigenvalue weighted by atomic mass is 10.1. The number of ether oxygens (including phenoxy) is 3. The molecular formula is C23H31FIN3O3. The lowest BCUT2D eigenvalue weighted by molar-refractivity contribution is 0.0888. The van der Waals surface area contributed by atoms with Crippen LogP contribution in [-0.4, -0.2) is 46.0 Å². The Hall–Kier alpha value is -1.91. The van der Waals surface area contributed by atoms with Gasteiger partial charge in [0.1, 0.15) is 5.75 Å². The van der Waals surface area contributed by atoms with Gasteiger partial charge in [0.25, 0.3) is 0 Å². The normalized spacial score (nSPS) is 15.9. The van der Waals surface area contributed by atoms with Crippen molar-refractivity contribution in [3.63, 3.8) is 0 Å². The maximum atomic E-state index is 13.9. The molecule has 1 atom stereocenters. The molecule has 0 spiro atoms. The van der Waals surface area contributed by atoms with E-state index in [1.54, 1.807) is 25.2 Å². The van der Waals surface area contributed by atoms with Gasteiger partial charge in [0, 0.05) is 44.8 Å². The van der Waals surface area contributed by atoms with E-state index in [9.17, 15) is 4.39 Å². The number of halogens is 2. The Bertz CT molecular complexity index is 816. The number of aliphatic imine (C=N–C) groups is 1. The van der Waals surface area contributed by atoms with Crippen LogP contribution in [0.5, 0.6) is 11.5 Å². The van der Waals surface area contributed by atoms with E-state index in [1.807, 2.05) is 24.3 Å². The van der Waals surface area contributed by atoms with Crippen molar-refractivity contribution in [2.24, 2.45) is 10.9 Å². The molecule has 0 radical (unpaired) electrons. The molecule has 3 rings (SSSR count). The van der Waals surface area contributed by atoms with Crippen LogP contribution < -0.4 is 15.4 Å². The highest BCUT2D eigenvalue weighted by Gasteiger charge is 2.15. The summed E-state index contributed by atoms with van der Waals surface area (Å²) >= 11 is 0. The quantitative estimate of drug-likeness (QED) is 0.202. The fraction of sp³-hybridized carbons (Fsp3) is 0.435. The van der Waals surface area contributed by atoms with E-state index in [2.05, 4.69) is 15.6 Å². The van der Waals surface area contributed by atoms with Crippen molar-refractivity contribution in [1.29, 1.82) is 0 Å². The Kier molecular flexibility index (Phi) is 11.6. The number of nitrogens with zero attached hydrogens (tertiary/aromatic N) is 1. The van der Waals surface area contributed by atoms with Crippen LogP contribution >= 0.6 is 24.0 Å². The molecule has 2 N–H and O–H groups in total. The molecule has 0 saturated carbocycles. The van der Waals surface area contributed by atoms with Crippen molar-refractivity contribution in [2.45, 2.75) is 19.4 Å². The summed E-state index contributed by atoms with van der Waals surface area (Å²) in [4.78, 5) is 4.25. The number of benzene rings is 2. The molecule has 0 aromatic heterocycles. The summed E-state index contributed by atoms with van der Waals surface area (Å²) in [6.45, 7) is 4.41. The summed E-state index contributed by atoms with van der Waals surface area (Å²) in [5.41, 5.74) is 0.908. The Morgan fingerprint density at radius 2 is 1.90 bits per heavy atom. The van der Waals surface area contributed by atoms with Crippen LogP contribution in [-0.2, 0) is 16.0 Å². The van der Waals surface area contributed by atoms with Gasteiger partial charge in [0.2, 0.25) is 0 Å². The van der Waals surface area contributed by atoms with Crippen LogP contribution in [0.1, 0.15) is 18.4 Å². The predicted molar refractivity (Wildman–Crippen MR) is 131 cm³/mol. The number of hydrogen-bond acceptors (Lipinski definition) is 4. The van der Waals surface area contributed by atoms with Gasteiger partial charge in [-0.25, -0.2) is 4.39 Å². The smallest absolute Gasteiger partial charge is 0.191 e. The molecule has 1 fully saturated rings. The zero-order valence-electron chi connectivity index (χ0n) is 17.8. The highest BCUT2D eigenvalue weighted by atomic mass is 127. The van der Waals surface area contributed by atoms with Crippen molar-refractivity contribution in [2.75, 3.05) is 40.0 Å². The molecule has 1 aliphatic rings. The van der Waals surface area contributed by atoms with Crippen LogP contribution in [0.2, 0.25) is 0 Å². The molecule has 1 heterocycles. The van der Waals surface area contributed by atoms with E-state index in [0.717, 1.165) is 44.8 Å². The van der Waals surface area contributed by atoms with Crippen LogP contribution in [0.3, 0.4) is 0 Å². The molecule has 0 bridgehead atoms. The first-order valence-electron chi connectivity index (χ1n) is 10.4. The fourth-order valence-electron chi connectivity index (χ4n) is 3.14. The van der Waals surface area contributed by atoms with Gasteiger partial charge in [-0.1, -0.05) is 30.3 Å². The highest BCUT2D eigenvalue weighted by Crippen LogP contribution is 2.27. The summed E-state index contributed by atoms with van der Waals surface area (Å²) in [5.74, 6) is 1.66. The molecule has 0 amide bonds. The lowest BCUT2D eigenvalue weighted by Gasteiger charge is -2.15. The molecule has 0 aliphatic carbocycles. The van der Waals surface area contributed by atoms with E-state index < -0.39 is 0 Å². The van der Waals surface area contributed by atoms with Gasteiger partial charge in [-0.3, -0.25) is 4.99 Å². The third-order valence-electron chi connectivity index (χ3n) is 4.83. The van der Waals surface area contributed by atoms with Gasteiger partial charge < -0.3 is 24.8 Å². The maximum Gasteiger partial charge on any atom is 0.191 e. The van der Waals surface area contributed by atoms with Gasteiger partial charge in [0.05, 0.1) is 13.2 Å². The van der Waals surface area contributed by atoms with Crippen LogP contribution in [0.25, 0.3) is 0 Å². The molecule has 2 aromatic rings. The second kappa shape index (κ2) is 14.2. The summed E-state index contributed by atoms with van der Waals surface area (Å²) in [5, 5.41) is 6.55. The van der Waals surface area contributed by atoms with Crippen molar-refractivity contribution >= 4 is 29.9 Å². The lowest BCUT2D eigenvalue weighted by Crippen LogP contribution is -2.37. The SMILES string of the molecule is CN=C(NCCCOCC1CCOC1)NCc1ccccc1Oc1ccccc1F.I. The van der Waals surface area contributed by atoms with Crippen molar-refractivity contribution in [1.82, 2.24) is 10.6 Å². The molecule has 31 heavy (non-hydrogen) atoms. The number of rotatable bonds is 10. The Morgan fingerprint density at radius 3 is 2.65 bits per heavy atom. The van der Waals surface area contributed by atoms with E-state index in [-0.39, 0.29) is 35.5 Å². The number of nitrogens with one attached hydrogen (secondary N) is 2. The summed E-state index contributed by atoms with van der Waals surface area (Å²) in [7, 11) is 1.73. The minimum absolute atomic E-state index is 0. The first-order chi connectivity index (χ1) is 14.8. The van der Waals surface area contributed by atoms with Crippen molar-refractivity contribution in [3.8, 4) is 11.5 Å². The fourth-order valence-corrected chi connectivity index (χ4v) is 3.14. The first kappa shape index (κ1) is 25.4. The minimum Gasteiger partial charge on any atom is -0.454 e. The van der Waals surface area contributed by atoms with Gasteiger partial charge in [0.15, 0.2) is 17.5 Å². The van der Waals surface area contributed by atoms with E-state index in [0.29, 0.717) is 30.8 Å². The first-order valence-corrected chi connectivity index (χ1v) is 10.4. The molecular weight excluding hydrogens is 512 g/mol. The molecule has 1 unspecified atom stereocenters. The summed E-state index contributed by atoms with van der Waals surface area (Å²) in [6, 6.07) is 13.9. The molecule has 6 nitrogen and oxygen atoms in total. The Labute approximate surface area is 200 Å². The second-order valence-electron chi connectivity index (χ2n) is 7.15. The van der Waals surface area contributed by atoms with Gasteiger partial charge in [-0.05, 0) is 31.0 Å². The number of hydrogen-bond donors (Lipinski definition) is 2. The number of guanidine groups is 1. The zero-order valence-corrected chi connectivity index (χ0v) is 20.1. The molecule has 8 heteroatoms. The van der Waals surface area contributed by atoms with E-state index in [1.165, 1.54) is 6.07 Å². The average Bonchev–Trinajstić information content (AvgIpc) is 3.29. The standard InChI is InChI=1S/C23H30FN3O3.HI/c1-25-23(26-12-6-13-28-16-18-11-14-29-17-18)27-15-19-7-2-4-9-21(19)30-22-10-5-3-8-20(22)24;/h2-5,7-10,18H,6,11-17H2,1H3,(H2,25,26,27);1H. The van der Waals surface area contributed by atoms with E-state index >= 15 is 0 Å². The summed E-state index contributed by atoms with van der Waals surface area (Å²) in [6.07, 6.45) is 1.98. The third-order valence-corrected chi connectivity index (χ3v) is 4.83.